The van der Waals surface area contributed by atoms with Gasteiger partial charge >= 0.3 is 6.18 Å². The van der Waals surface area contributed by atoms with E-state index in [-0.39, 0.29) is 0 Å². The number of hydrogen-bond donors (Lipinski definition) is 1. The van der Waals surface area contributed by atoms with E-state index in [0.29, 0.717) is 6.42 Å². The lowest BCUT2D eigenvalue weighted by Crippen LogP contribution is -2.34. The van der Waals surface area contributed by atoms with Gasteiger partial charge in [0.05, 0.1) is 11.4 Å². The van der Waals surface area contributed by atoms with Gasteiger partial charge in [-0.05, 0) is 17.5 Å². The molecular weight excluding hydrogens is 267 g/mol. The molecule has 1 aliphatic rings. The molecule has 0 aromatic heterocycles. The van der Waals surface area contributed by atoms with E-state index >= 15 is 0 Å². The molecule has 1 N–H and O–H groups in total. The third-order valence-corrected chi connectivity index (χ3v) is 3.25. The number of carbonyl (C=O) groups is 1. The van der Waals surface area contributed by atoms with Crippen LogP contribution in [0.1, 0.15) is 23.6 Å². The second kappa shape index (κ2) is 4.80. The summed E-state index contributed by atoms with van der Waals surface area (Å²) in [6.45, 7) is 0. The molecule has 0 spiro atoms. The van der Waals surface area contributed by atoms with Gasteiger partial charge in [-0.15, -0.1) is 11.6 Å². The maximum absolute atomic E-state index is 12.1. The normalized spacial score (nSPS) is 22.7. The van der Waals surface area contributed by atoms with Crippen LogP contribution in [0.15, 0.2) is 24.3 Å². The Labute approximate surface area is 107 Å². The molecule has 0 saturated heterocycles. The third kappa shape index (κ3) is 2.96. The molecule has 0 heterocycles. The van der Waals surface area contributed by atoms with Gasteiger partial charge < -0.3 is 5.32 Å². The number of alkyl halides is 4. The van der Waals surface area contributed by atoms with E-state index in [2.05, 4.69) is 5.32 Å². The predicted octanol–water partition coefficient (Wildman–Crippen LogP) is 2.96. The summed E-state index contributed by atoms with van der Waals surface area (Å²) in [6, 6.07) is 6.70. The number of hydrogen-bond acceptors (Lipinski definition) is 1. The van der Waals surface area contributed by atoms with Crippen LogP contribution in [0, 0.1) is 0 Å². The van der Waals surface area contributed by atoms with Crippen LogP contribution >= 0.6 is 11.6 Å². The second-order valence-electron chi connectivity index (χ2n) is 4.26. The number of benzene rings is 1. The van der Waals surface area contributed by atoms with Crippen LogP contribution < -0.4 is 5.32 Å². The average molecular weight is 278 g/mol. The zero-order valence-electron chi connectivity index (χ0n) is 9.30. The smallest absolute Gasteiger partial charge is 0.347 e. The van der Waals surface area contributed by atoms with Crippen molar-refractivity contribution in [1.29, 1.82) is 0 Å². The first-order valence-electron chi connectivity index (χ1n) is 5.45. The summed E-state index contributed by atoms with van der Waals surface area (Å²) in [6.07, 6.45) is -5.42. The lowest BCUT2D eigenvalue weighted by atomic mass is 10.1. The Kier molecular flexibility index (Phi) is 3.52. The van der Waals surface area contributed by atoms with E-state index in [1.54, 1.807) is 12.1 Å². The van der Waals surface area contributed by atoms with Gasteiger partial charge in [-0.2, -0.15) is 13.2 Å². The van der Waals surface area contributed by atoms with Crippen molar-refractivity contribution in [2.75, 3.05) is 0 Å². The number of fused-ring (bicyclic) bond motifs is 1. The van der Waals surface area contributed by atoms with Gasteiger partial charge in [-0.25, -0.2) is 0 Å². The van der Waals surface area contributed by atoms with E-state index in [1.807, 2.05) is 12.1 Å². The lowest BCUT2D eigenvalue weighted by molar-refractivity contribution is -0.154. The summed E-state index contributed by atoms with van der Waals surface area (Å²) in [7, 11) is 0. The second-order valence-corrected chi connectivity index (χ2v) is 4.82. The maximum atomic E-state index is 12.1. The number of rotatable bonds is 2. The molecular formula is C12H11ClF3NO. The highest BCUT2D eigenvalue weighted by Gasteiger charge is 2.36. The molecule has 0 aliphatic heterocycles. The molecule has 18 heavy (non-hydrogen) atoms. The first-order chi connectivity index (χ1) is 8.37. The Bertz CT molecular complexity index is 461. The van der Waals surface area contributed by atoms with Crippen molar-refractivity contribution in [3.05, 3.63) is 35.4 Å². The van der Waals surface area contributed by atoms with E-state index in [9.17, 15) is 18.0 Å². The number of halogens is 4. The van der Waals surface area contributed by atoms with Gasteiger partial charge in [-0.3, -0.25) is 4.79 Å². The molecule has 6 heteroatoms. The van der Waals surface area contributed by atoms with Crippen LogP contribution in [-0.4, -0.2) is 17.5 Å². The SMILES string of the molecule is O=C(CC(F)(F)F)NC1c2ccccc2CC1Cl. The zero-order chi connectivity index (χ0) is 13.3. The molecule has 0 bridgehead atoms. The number of nitrogens with one attached hydrogen (secondary N) is 1. The Morgan fingerprint density at radius 1 is 1.39 bits per heavy atom. The molecule has 0 radical (unpaired) electrons. The van der Waals surface area contributed by atoms with Gasteiger partial charge in [0.15, 0.2) is 0 Å². The van der Waals surface area contributed by atoms with Gasteiger partial charge in [-0.1, -0.05) is 24.3 Å². The first kappa shape index (κ1) is 13.2. The highest BCUT2D eigenvalue weighted by molar-refractivity contribution is 6.21. The monoisotopic (exact) mass is 277 g/mol. The van der Waals surface area contributed by atoms with Crippen LogP contribution in [0.4, 0.5) is 13.2 Å². The van der Waals surface area contributed by atoms with Crippen molar-refractivity contribution in [3.63, 3.8) is 0 Å². The van der Waals surface area contributed by atoms with Crippen LogP contribution in [0.25, 0.3) is 0 Å². The standard InChI is InChI=1S/C12H11ClF3NO/c13-9-5-7-3-1-2-4-8(7)11(9)17-10(18)6-12(14,15)16/h1-4,9,11H,5-6H2,(H,17,18). The van der Waals surface area contributed by atoms with Gasteiger partial charge in [0.2, 0.25) is 5.91 Å². The quantitative estimate of drug-likeness (QED) is 0.828. The van der Waals surface area contributed by atoms with Crippen LogP contribution in [0.5, 0.6) is 0 Å². The maximum Gasteiger partial charge on any atom is 0.397 e. The fourth-order valence-electron chi connectivity index (χ4n) is 2.12. The van der Waals surface area contributed by atoms with Crippen LogP contribution in [-0.2, 0) is 11.2 Å². The van der Waals surface area contributed by atoms with Crippen molar-refractivity contribution in [2.24, 2.45) is 0 Å². The molecule has 2 rings (SSSR count). The minimum atomic E-state index is -4.50. The molecule has 1 aliphatic carbocycles. The molecule has 1 aromatic carbocycles. The molecule has 1 amide bonds. The molecule has 2 atom stereocenters. The van der Waals surface area contributed by atoms with Crippen LogP contribution in [0.2, 0.25) is 0 Å². The van der Waals surface area contributed by atoms with Gasteiger partial charge in [0.25, 0.3) is 0 Å². The van der Waals surface area contributed by atoms with Crippen molar-refractivity contribution in [2.45, 2.75) is 30.4 Å². The van der Waals surface area contributed by atoms with Crippen molar-refractivity contribution in [3.8, 4) is 0 Å². The molecule has 2 nitrogen and oxygen atoms in total. The Morgan fingerprint density at radius 2 is 2.06 bits per heavy atom. The minimum Gasteiger partial charge on any atom is -0.347 e. The summed E-state index contributed by atoms with van der Waals surface area (Å²) in [5.41, 5.74) is 1.77. The largest absolute Gasteiger partial charge is 0.397 e. The Hall–Kier alpha value is -1.23. The fourth-order valence-corrected chi connectivity index (χ4v) is 2.49. The average Bonchev–Trinajstić information content (AvgIpc) is 2.53. The van der Waals surface area contributed by atoms with Crippen molar-refractivity contribution < 1.29 is 18.0 Å². The summed E-state index contributed by atoms with van der Waals surface area (Å²) < 4.78 is 36.2. The lowest BCUT2D eigenvalue weighted by Gasteiger charge is -2.18. The summed E-state index contributed by atoms with van der Waals surface area (Å²) in [5, 5.41) is 1.95. The molecule has 0 saturated carbocycles. The van der Waals surface area contributed by atoms with E-state index < -0.39 is 29.9 Å². The summed E-state index contributed by atoms with van der Waals surface area (Å²) in [5.74, 6) is -1.05. The molecule has 98 valence electrons. The zero-order valence-corrected chi connectivity index (χ0v) is 10.1. The topological polar surface area (TPSA) is 29.1 Å². The van der Waals surface area contributed by atoms with Crippen LogP contribution in [0.3, 0.4) is 0 Å². The Balaban J connectivity index is 2.08. The van der Waals surface area contributed by atoms with Crippen molar-refractivity contribution in [1.82, 2.24) is 5.32 Å². The Morgan fingerprint density at radius 3 is 2.72 bits per heavy atom. The van der Waals surface area contributed by atoms with Gasteiger partial charge in [0.1, 0.15) is 6.42 Å². The predicted molar refractivity (Wildman–Crippen MR) is 61.3 cm³/mol. The fraction of sp³-hybridized carbons (Fsp3) is 0.417. The number of carbonyl (C=O) groups excluding carboxylic acids is 1. The summed E-state index contributed by atoms with van der Waals surface area (Å²) in [4.78, 5) is 11.3. The van der Waals surface area contributed by atoms with E-state index in [0.717, 1.165) is 11.1 Å². The molecule has 1 aromatic rings. The molecule has 2 unspecified atom stereocenters. The first-order valence-corrected chi connectivity index (χ1v) is 5.88. The highest BCUT2D eigenvalue weighted by atomic mass is 35.5. The third-order valence-electron chi connectivity index (χ3n) is 2.84. The number of amides is 1. The van der Waals surface area contributed by atoms with E-state index in [4.69, 9.17) is 11.6 Å². The molecule has 0 fully saturated rings. The van der Waals surface area contributed by atoms with Gasteiger partial charge in [0, 0.05) is 0 Å². The minimum absolute atomic E-state index is 0.403. The highest BCUT2D eigenvalue weighted by Crippen LogP contribution is 2.35. The van der Waals surface area contributed by atoms with Crippen molar-refractivity contribution >= 4 is 17.5 Å². The summed E-state index contributed by atoms with van der Waals surface area (Å²) >= 11 is 6.06. The van der Waals surface area contributed by atoms with E-state index in [1.165, 1.54) is 0 Å².